The highest BCUT2D eigenvalue weighted by Crippen LogP contribution is 2.35. The number of nitriles is 1. The van der Waals surface area contributed by atoms with Crippen LogP contribution in [0.2, 0.25) is 5.02 Å². The number of methoxy groups -OCH3 is 3. The summed E-state index contributed by atoms with van der Waals surface area (Å²) in [5.41, 5.74) is 2.91. The zero-order valence-corrected chi connectivity index (χ0v) is 17.8. The molecule has 0 atom stereocenters. The molecule has 2 aromatic rings. The van der Waals surface area contributed by atoms with E-state index in [9.17, 15) is 14.9 Å². The minimum atomic E-state index is -0.577. The summed E-state index contributed by atoms with van der Waals surface area (Å²) in [6.45, 7) is 0. The lowest BCUT2D eigenvalue weighted by molar-refractivity contribution is -0.140. The number of unbranched alkanes of at least 4 members (excludes halogenated alkanes) is 1. The van der Waals surface area contributed by atoms with Crippen LogP contribution in [0.5, 0.6) is 5.75 Å². The Kier molecular flexibility index (Phi) is 8.45. The highest BCUT2D eigenvalue weighted by atomic mass is 35.5. The van der Waals surface area contributed by atoms with Gasteiger partial charge in [0.05, 0.1) is 38.0 Å². The van der Waals surface area contributed by atoms with Crippen molar-refractivity contribution in [2.45, 2.75) is 19.3 Å². The topological polar surface area (TPSA) is 85.6 Å². The van der Waals surface area contributed by atoms with Crippen LogP contribution in [0.15, 0.2) is 42.5 Å². The van der Waals surface area contributed by atoms with Crippen LogP contribution in [0.25, 0.3) is 5.57 Å². The summed E-state index contributed by atoms with van der Waals surface area (Å²) in [6, 6.07) is 12.6. The summed E-state index contributed by atoms with van der Waals surface area (Å²) in [5.74, 6) is -0.633. The molecule has 0 saturated heterocycles. The van der Waals surface area contributed by atoms with E-state index in [0.717, 1.165) is 11.1 Å². The quantitative estimate of drug-likeness (QED) is 0.445. The fraction of sp³-hybridized carbons (Fsp3) is 0.261. The minimum absolute atomic E-state index is 0.194. The van der Waals surface area contributed by atoms with Gasteiger partial charge in [0.2, 0.25) is 0 Å². The first-order valence-corrected chi connectivity index (χ1v) is 9.56. The molecule has 0 aliphatic rings. The molecule has 0 aliphatic heterocycles. The van der Waals surface area contributed by atoms with Crippen LogP contribution in [0.1, 0.15) is 46.3 Å². The second-order valence-electron chi connectivity index (χ2n) is 6.31. The fourth-order valence-electron chi connectivity index (χ4n) is 2.97. The Bertz CT molecular complexity index is 1010. The van der Waals surface area contributed by atoms with Gasteiger partial charge in [-0.2, -0.15) is 5.26 Å². The van der Waals surface area contributed by atoms with Crippen molar-refractivity contribution >= 4 is 29.1 Å². The fourth-order valence-corrected chi connectivity index (χ4v) is 3.27. The Balaban J connectivity index is 2.56. The largest absolute Gasteiger partial charge is 0.494 e. The molecule has 0 saturated carbocycles. The van der Waals surface area contributed by atoms with E-state index in [1.54, 1.807) is 30.3 Å². The van der Waals surface area contributed by atoms with Crippen LogP contribution < -0.4 is 4.74 Å². The summed E-state index contributed by atoms with van der Waals surface area (Å²) < 4.78 is 14.8. The van der Waals surface area contributed by atoms with Crippen molar-refractivity contribution in [2.24, 2.45) is 0 Å². The van der Waals surface area contributed by atoms with Crippen LogP contribution >= 0.6 is 11.6 Å². The van der Waals surface area contributed by atoms with E-state index >= 15 is 0 Å². The number of hydrogen-bond acceptors (Lipinski definition) is 6. The molecule has 0 unspecified atom stereocenters. The smallest absolute Gasteiger partial charge is 0.341 e. The van der Waals surface area contributed by atoms with Gasteiger partial charge in [0.15, 0.2) is 5.75 Å². The molecular weight excluding hydrogens is 406 g/mol. The highest BCUT2D eigenvalue weighted by molar-refractivity contribution is 6.33. The number of nitrogens with zero attached hydrogens (tertiary/aromatic N) is 1. The average Bonchev–Trinajstić information content (AvgIpc) is 2.77. The Labute approximate surface area is 180 Å². The summed E-state index contributed by atoms with van der Waals surface area (Å²) in [4.78, 5) is 23.6. The van der Waals surface area contributed by atoms with Crippen molar-refractivity contribution in [2.75, 3.05) is 21.3 Å². The zero-order valence-electron chi connectivity index (χ0n) is 17.0. The molecule has 0 heterocycles. The Morgan fingerprint density at radius 1 is 1.10 bits per heavy atom. The van der Waals surface area contributed by atoms with Crippen molar-refractivity contribution in [3.05, 3.63) is 69.8 Å². The van der Waals surface area contributed by atoms with Crippen molar-refractivity contribution in [3.63, 3.8) is 0 Å². The second-order valence-corrected chi connectivity index (χ2v) is 6.72. The molecule has 156 valence electrons. The Hall–Kier alpha value is -3.30. The average molecular weight is 428 g/mol. The molecule has 0 radical (unpaired) electrons. The van der Waals surface area contributed by atoms with Crippen molar-refractivity contribution in [3.8, 4) is 11.8 Å². The van der Waals surface area contributed by atoms with Gasteiger partial charge in [-0.15, -0.1) is 0 Å². The number of carbonyl (C=O) groups is 2. The van der Waals surface area contributed by atoms with E-state index in [-0.39, 0.29) is 28.7 Å². The maximum atomic E-state index is 12.3. The number of rotatable bonds is 8. The maximum Gasteiger partial charge on any atom is 0.341 e. The van der Waals surface area contributed by atoms with E-state index in [0.29, 0.717) is 24.0 Å². The summed E-state index contributed by atoms with van der Waals surface area (Å²) in [6.07, 6.45) is 3.40. The first kappa shape index (κ1) is 23.0. The first-order valence-electron chi connectivity index (χ1n) is 9.18. The standard InChI is InChI=1S/C23H22ClNO5/c1-28-21(26)10-5-4-9-18(16-8-6-7-15(11-16)14-25)17-12-19(23(27)30-3)22(29-2)20(24)13-17/h6-9,11-13H,4-5,10H2,1-3H3/b18-9-. The number of hydrogen-bond donors (Lipinski definition) is 0. The second kappa shape index (κ2) is 11.0. The first-order chi connectivity index (χ1) is 14.4. The third-order valence-electron chi connectivity index (χ3n) is 4.43. The molecule has 2 rings (SSSR count). The molecule has 0 amide bonds. The summed E-state index contributed by atoms with van der Waals surface area (Å²) >= 11 is 6.37. The van der Waals surface area contributed by atoms with E-state index in [4.69, 9.17) is 21.1 Å². The molecule has 2 aromatic carbocycles. The minimum Gasteiger partial charge on any atom is -0.494 e. The highest BCUT2D eigenvalue weighted by Gasteiger charge is 2.19. The van der Waals surface area contributed by atoms with Crippen LogP contribution in [-0.4, -0.2) is 33.3 Å². The van der Waals surface area contributed by atoms with E-state index in [1.165, 1.54) is 21.3 Å². The number of halogens is 1. The monoisotopic (exact) mass is 427 g/mol. The van der Waals surface area contributed by atoms with Crippen LogP contribution in [0, 0.1) is 11.3 Å². The van der Waals surface area contributed by atoms with Gasteiger partial charge < -0.3 is 14.2 Å². The van der Waals surface area contributed by atoms with Gasteiger partial charge in [0.25, 0.3) is 0 Å². The van der Waals surface area contributed by atoms with Gasteiger partial charge in [-0.05, 0) is 53.8 Å². The lowest BCUT2D eigenvalue weighted by Crippen LogP contribution is -2.06. The SMILES string of the molecule is COC(=O)CCC/C=C(/c1cccc(C#N)c1)c1cc(Cl)c(OC)c(C(=O)OC)c1. The normalized spacial score (nSPS) is 10.8. The predicted octanol–water partition coefficient (Wildman–Crippen LogP) is 4.78. The Morgan fingerprint density at radius 3 is 2.50 bits per heavy atom. The van der Waals surface area contributed by atoms with Gasteiger partial charge in [-0.1, -0.05) is 29.8 Å². The number of benzene rings is 2. The summed E-state index contributed by atoms with van der Waals surface area (Å²) in [5, 5.41) is 9.52. The molecule has 0 aliphatic carbocycles. The van der Waals surface area contributed by atoms with E-state index in [1.807, 2.05) is 12.1 Å². The molecule has 7 heteroatoms. The van der Waals surface area contributed by atoms with Gasteiger partial charge >= 0.3 is 11.9 Å². The van der Waals surface area contributed by atoms with Crippen LogP contribution in [0.4, 0.5) is 0 Å². The van der Waals surface area contributed by atoms with E-state index in [2.05, 4.69) is 10.8 Å². The maximum absolute atomic E-state index is 12.3. The number of ether oxygens (including phenoxy) is 3. The van der Waals surface area contributed by atoms with E-state index < -0.39 is 5.97 Å². The molecule has 0 spiro atoms. The van der Waals surface area contributed by atoms with Gasteiger partial charge in [0.1, 0.15) is 5.56 Å². The third kappa shape index (κ3) is 5.62. The Morgan fingerprint density at radius 2 is 1.87 bits per heavy atom. The molecule has 6 nitrogen and oxygen atoms in total. The number of esters is 2. The van der Waals surface area contributed by atoms with Gasteiger partial charge in [-0.3, -0.25) is 4.79 Å². The molecule has 30 heavy (non-hydrogen) atoms. The van der Waals surface area contributed by atoms with Crippen molar-refractivity contribution < 1.29 is 23.8 Å². The molecule has 0 aromatic heterocycles. The number of carbonyl (C=O) groups excluding carboxylic acids is 2. The number of allylic oxidation sites excluding steroid dienone is 1. The molecule has 0 fully saturated rings. The van der Waals surface area contributed by atoms with Crippen molar-refractivity contribution in [1.82, 2.24) is 0 Å². The molecule has 0 bridgehead atoms. The lowest BCUT2D eigenvalue weighted by atomic mass is 9.93. The van der Waals surface area contributed by atoms with Gasteiger partial charge in [0, 0.05) is 6.42 Å². The summed E-state index contributed by atoms with van der Waals surface area (Å²) in [7, 11) is 4.06. The molecule has 0 N–H and O–H groups in total. The molecular formula is C23H22ClNO5. The lowest BCUT2D eigenvalue weighted by Gasteiger charge is -2.15. The third-order valence-corrected chi connectivity index (χ3v) is 4.71. The van der Waals surface area contributed by atoms with Crippen LogP contribution in [0.3, 0.4) is 0 Å². The predicted molar refractivity (Wildman–Crippen MR) is 113 cm³/mol. The van der Waals surface area contributed by atoms with Crippen LogP contribution in [-0.2, 0) is 14.3 Å². The van der Waals surface area contributed by atoms with Gasteiger partial charge in [-0.25, -0.2) is 4.79 Å². The zero-order chi connectivity index (χ0) is 22.1. The van der Waals surface area contributed by atoms with Crippen molar-refractivity contribution in [1.29, 1.82) is 5.26 Å².